The van der Waals surface area contributed by atoms with Gasteiger partial charge in [0, 0.05) is 18.6 Å². The maximum absolute atomic E-state index is 13.0. The molecule has 0 bridgehead atoms. The largest absolute Gasteiger partial charge is 0.454 e. The highest BCUT2D eigenvalue weighted by Crippen LogP contribution is 2.13. The molecule has 0 aliphatic heterocycles. The molecule has 3 aromatic heterocycles. The molecule has 0 unspecified atom stereocenters. The zero-order valence-electron chi connectivity index (χ0n) is 14.2. The second-order valence-corrected chi connectivity index (χ2v) is 5.98. The van der Waals surface area contributed by atoms with E-state index in [0.29, 0.717) is 24.5 Å². The van der Waals surface area contributed by atoms with Gasteiger partial charge in [-0.05, 0) is 35.9 Å². The van der Waals surface area contributed by atoms with Gasteiger partial charge in [-0.3, -0.25) is 14.2 Å². The van der Waals surface area contributed by atoms with Crippen molar-refractivity contribution in [3.63, 3.8) is 0 Å². The number of carbonyl (C=O) groups is 1. The van der Waals surface area contributed by atoms with Gasteiger partial charge < -0.3 is 9.73 Å². The van der Waals surface area contributed by atoms with Gasteiger partial charge >= 0.3 is 0 Å². The molecule has 27 heavy (non-hydrogen) atoms. The molecule has 136 valence electrons. The lowest BCUT2D eigenvalue weighted by Crippen LogP contribution is -2.10. The number of benzene rings is 1. The molecule has 0 atom stereocenters. The van der Waals surface area contributed by atoms with Crippen molar-refractivity contribution in [2.24, 2.45) is 0 Å². The summed E-state index contributed by atoms with van der Waals surface area (Å²) in [6.07, 6.45) is 6.75. The van der Waals surface area contributed by atoms with Crippen molar-refractivity contribution in [2.45, 2.75) is 13.1 Å². The number of amides is 1. The van der Waals surface area contributed by atoms with Crippen LogP contribution >= 0.6 is 0 Å². The van der Waals surface area contributed by atoms with Crippen LogP contribution in [0.2, 0.25) is 0 Å². The van der Waals surface area contributed by atoms with Crippen molar-refractivity contribution in [2.75, 3.05) is 5.32 Å². The fraction of sp³-hybridized carbons (Fsp3) is 0.105. The van der Waals surface area contributed by atoms with Gasteiger partial charge in [-0.1, -0.05) is 12.1 Å². The van der Waals surface area contributed by atoms with E-state index in [4.69, 9.17) is 4.42 Å². The Hall–Kier alpha value is -3.68. The topological polar surface area (TPSA) is 77.9 Å². The maximum atomic E-state index is 13.0. The van der Waals surface area contributed by atoms with Gasteiger partial charge in [-0.25, -0.2) is 4.39 Å². The SMILES string of the molecule is O=C(Nc1cnn(Cc2ccc(F)cc2)c1)c1ccc(Cn2cccn2)o1. The molecule has 3 heterocycles. The molecule has 0 aliphatic rings. The Morgan fingerprint density at radius 1 is 1.07 bits per heavy atom. The number of halogens is 1. The first kappa shape index (κ1) is 16.8. The Kier molecular flexibility index (Phi) is 4.52. The number of hydrogen-bond donors (Lipinski definition) is 1. The Morgan fingerprint density at radius 3 is 2.70 bits per heavy atom. The summed E-state index contributed by atoms with van der Waals surface area (Å²) >= 11 is 0. The number of nitrogens with zero attached hydrogens (tertiary/aromatic N) is 4. The number of hydrogen-bond acceptors (Lipinski definition) is 4. The van der Waals surface area contributed by atoms with Crippen molar-refractivity contribution in [1.29, 1.82) is 0 Å². The molecule has 1 aromatic carbocycles. The Balaban J connectivity index is 1.38. The van der Waals surface area contributed by atoms with E-state index in [0.717, 1.165) is 5.56 Å². The predicted molar refractivity (Wildman–Crippen MR) is 95.7 cm³/mol. The minimum Gasteiger partial charge on any atom is -0.454 e. The molecule has 4 aromatic rings. The van der Waals surface area contributed by atoms with E-state index in [1.54, 1.807) is 52.2 Å². The molecule has 0 fully saturated rings. The van der Waals surface area contributed by atoms with Crippen molar-refractivity contribution in [3.8, 4) is 0 Å². The van der Waals surface area contributed by atoms with E-state index < -0.39 is 0 Å². The van der Waals surface area contributed by atoms with Gasteiger partial charge in [-0.2, -0.15) is 10.2 Å². The van der Waals surface area contributed by atoms with E-state index in [-0.39, 0.29) is 17.5 Å². The van der Waals surface area contributed by atoms with Crippen molar-refractivity contribution < 1.29 is 13.6 Å². The van der Waals surface area contributed by atoms with Crippen LogP contribution in [0, 0.1) is 5.82 Å². The minimum absolute atomic E-state index is 0.212. The molecule has 0 saturated heterocycles. The van der Waals surface area contributed by atoms with Crippen LogP contribution in [0.1, 0.15) is 21.9 Å². The molecule has 0 spiro atoms. The summed E-state index contributed by atoms with van der Waals surface area (Å²) in [6.45, 7) is 0.931. The number of rotatable bonds is 6. The van der Waals surface area contributed by atoms with E-state index in [1.807, 2.05) is 12.3 Å². The van der Waals surface area contributed by atoms with Gasteiger partial charge in [0.2, 0.25) is 0 Å². The Bertz CT molecular complexity index is 1030. The lowest BCUT2D eigenvalue weighted by atomic mass is 10.2. The zero-order chi connectivity index (χ0) is 18.6. The van der Waals surface area contributed by atoms with Gasteiger partial charge in [0.05, 0.1) is 25.0 Å². The zero-order valence-corrected chi connectivity index (χ0v) is 14.2. The normalized spacial score (nSPS) is 10.9. The van der Waals surface area contributed by atoms with Crippen molar-refractivity contribution in [3.05, 3.63) is 90.2 Å². The third-order valence-electron chi connectivity index (χ3n) is 3.91. The van der Waals surface area contributed by atoms with Crippen LogP contribution in [0.3, 0.4) is 0 Å². The average molecular weight is 365 g/mol. The van der Waals surface area contributed by atoms with E-state index in [9.17, 15) is 9.18 Å². The van der Waals surface area contributed by atoms with Crippen molar-refractivity contribution >= 4 is 11.6 Å². The van der Waals surface area contributed by atoms with Crippen LogP contribution in [0.25, 0.3) is 0 Å². The molecular weight excluding hydrogens is 349 g/mol. The van der Waals surface area contributed by atoms with Crippen LogP contribution < -0.4 is 5.32 Å². The van der Waals surface area contributed by atoms with Gasteiger partial charge in [0.15, 0.2) is 5.76 Å². The van der Waals surface area contributed by atoms with E-state index in [2.05, 4.69) is 15.5 Å². The highest BCUT2D eigenvalue weighted by Gasteiger charge is 2.13. The van der Waals surface area contributed by atoms with E-state index >= 15 is 0 Å². The summed E-state index contributed by atoms with van der Waals surface area (Å²) in [5.41, 5.74) is 1.46. The summed E-state index contributed by atoms with van der Waals surface area (Å²) in [6, 6.07) is 11.4. The molecule has 1 N–H and O–H groups in total. The van der Waals surface area contributed by atoms with Crippen LogP contribution in [0.4, 0.5) is 10.1 Å². The Labute approximate surface area is 154 Å². The number of aromatic nitrogens is 4. The lowest BCUT2D eigenvalue weighted by molar-refractivity contribution is 0.0994. The molecular formula is C19H16FN5O2. The number of furan rings is 1. The number of nitrogens with one attached hydrogen (secondary N) is 1. The molecule has 0 radical (unpaired) electrons. The number of carbonyl (C=O) groups excluding carboxylic acids is 1. The first-order chi connectivity index (χ1) is 13.2. The van der Waals surface area contributed by atoms with Crippen LogP contribution in [-0.2, 0) is 13.1 Å². The highest BCUT2D eigenvalue weighted by molar-refractivity contribution is 6.02. The summed E-state index contributed by atoms with van der Waals surface area (Å²) in [5.74, 6) is 0.208. The summed E-state index contributed by atoms with van der Waals surface area (Å²) < 4.78 is 21.9. The molecule has 0 aliphatic carbocycles. The fourth-order valence-electron chi connectivity index (χ4n) is 2.62. The lowest BCUT2D eigenvalue weighted by Gasteiger charge is -2.02. The second-order valence-electron chi connectivity index (χ2n) is 5.98. The first-order valence-corrected chi connectivity index (χ1v) is 8.30. The van der Waals surface area contributed by atoms with Crippen molar-refractivity contribution in [1.82, 2.24) is 19.6 Å². The minimum atomic E-state index is -0.358. The maximum Gasteiger partial charge on any atom is 0.291 e. The third-order valence-corrected chi connectivity index (χ3v) is 3.91. The van der Waals surface area contributed by atoms with Crippen LogP contribution in [-0.4, -0.2) is 25.5 Å². The third kappa shape index (κ3) is 4.12. The van der Waals surface area contributed by atoms with Crippen LogP contribution in [0.15, 0.2) is 71.7 Å². The molecule has 8 heteroatoms. The number of anilines is 1. The molecule has 1 amide bonds. The predicted octanol–water partition coefficient (Wildman–Crippen LogP) is 3.16. The van der Waals surface area contributed by atoms with Crippen LogP contribution in [0.5, 0.6) is 0 Å². The quantitative estimate of drug-likeness (QED) is 0.569. The standard InChI is InChI=1S/C19H16FN5O2/c20-15-4-2-14(3-5-15)11-25-12-16(10-22-25)23-19(26)18-7-6-17(27-18)13-24-9-1-8-21-24/h1-10,12H,11,13H2,(H,23,26). The second kappa shape index (κ2) is 7.28. The molecule has 7 nitrogen and oxygen atoms in total. The molecule has 0 saturated carbocycles. The van der Waals surface area contributed by atoms with Gasteiger partial charge in [0.25, 0.3) is 5.91 Å². The summed E-state index contributed by atoms with van der Waals surface area (Å²) in [4.78, 5) is 12.3. The first-order valence-electron chi connectivity index (χ1n) is 8.30. The summed E-state index contributed by atoms with van der Waals surface area (Å²) in [7, 11) is 0. The monoisotopic (exact) mass is 365 g/mol. The fourth-order valence-corrected chi connectivity index (χ4v) is 2.62. The Morgan fingerprint density at radius 2 is 1.93 bits per heavy atom. The average Bonchev–Trinajstić information content (AvgIpc) is 3.40. The van der Waals surface area contributed by atoms with E-state index in [1.165, 1.54) is 12.1 Å². The highest BCUT2D eigenvalue weighted by atomic mass is 19.1. The smallest absolute Gasteiger partial charge is 0.291 e. The van der Waals surface area contributed by atoms with Gasteiger partial charge in [-0.15, -0.1) is 0 Å². The summed E-state index contributed by atoms with van der Waals surface area (Å²) in [5, 5.41) is 11.0. The molecule has 4 rings (SSSR count). The van der Waals surface area contributed by atoms with Gasteiger partial charge in [0.1, 0.15) is 11.6 Å².